The van der Waals surface area contributed by atoms with E-state index >= 15 is 0 Å². The number of hydrogen-bond donors (Lipinski definition) is 0. The fourth-order valence-corrected chi connectivity index (χ4v) is 3.79. The molecule has 0 spiro atoms. The number of Topliss-reactive ketones (excluding diaryl/α,β-unsaturated/α-hetero) is 1. The van der Waals surface area contributed by atoms with Crippen LogP contribution in [0.1, 0.15) is 60.8 Å². The molecular weight excluding hydrogens is 278 g/mol. The maximum Gasteiger partial charge on any atom is 0.410 e. The van der Waals surface area contributed by atoms with E-state index < -0.39 is 5.60 Å². The number of amides is 1. The molecule has 0 saturated heterocycles. The zero-order valence-corrected chi connectivity index (χ0v) is 14.8. The number of ketones is 1. The van der Waals surface area contributed by atoms with Crippen molar-refractivity contribution < 1.29 is 14.3 Å². The second kappa shape index (κ2) is 5.39. The fraction of sp³-hybridized carbons (Fsp3) is 0.778. The molecule has 1 fully saturated rings. The molecule has 0 aromatic rings. The van der Waals surface area contributed by atoms with Gasteiger partial charge in [0.2, 0.25) is 0 Å². The third-order valence-corrected chi connectivity index (χ3v) is 5.18. The van der Waals surface area contributed by atoms with Crippen molar-refractivity contribution >= 4 is 11.9 Å². The molecule has 22 heavy (non-hydrogen) atoms. The molecule has 1 saturated carbocycles. The molecule has 0 N–H and O–H groups in total. The summed E-state index contributed by atoms with van der Waals surface area (Å²) in [6.45, 7) is 13.1. The average Bonchev–Trinajstić information content (AvgIpc) is 2.41. The van der Waals surface area contributed by atoms with Crippen LogP contribution < -0.4 is 0 Å². The van der Waals surface area contributed by atoms with E-state index in [1.165, 1.54) is 5.57 Å². The van der Waals surface area contributed by atoms with Crippen LogP contribution in [0.25, 0.3) is 0 Å². The van der Waals surface area contributed by atoms with Gasteiger partial charge < -0.3 is 9.64 Å². The largest absolute Gasteiger partial charge is 0.444 e. The Kier molecular flexibility index (Phi) is 4.18. The van der Waals surface area contributed by atoms with Gasteiger partial charge >= 0.3 is 6.09 Å². The molecule has 0 aromatic heterocycles. The smallest absolute Gasteiger partial charge is 0.410 e. The quantitative estimate of drug-likeness (QED) is 0.689. The normalized spacial score (nSPS) is 32.4. The maximum atomic E-state index is 12.4. The van der Waals surface area contributed by atoms with Crippen LogP contribution in [0, 0.1) is 10.8 Å². The van der Waals surface area contributed by atoms with Crippen LogP contribution in [0.3, 0.4) is 0 Å². The highest BCUT2D eigenvalue weighted by Crippen LogP contribution is 2.52. The van der Waals surface area contributed by atoms with Crippen molar-refractivity contribution in [3.05, 3.63) is 11.6 Å². The number of ether oxygens (including phenoxy) is 1. The molecule has 0 bridgehead atoms. The Morgan fingerprint density at radius 3 is 2.55 bits per heavy atom. The summed E-state index contributed by atoms with van der Waals surface area (Å²) < 4.78 is 5.49. The molecule has 2 rings (SSSR count). The Balaban J connectivity index is 2.26. The number of rotatable bonds is 1. The molecule has 1 amide bonds. The lowest BCUT2D eigenvalue weighted by molar-refractivity contribution is -0.130. The molecule has 1 aliphatic carbocycles. The van der Waals surface area contributed by atoms with Crippen LogP contribution >= 0.6 is 0 Å². The number of carbonyl (C=O) groups is 2. The first-order valence-electron chi connectivity index (χ1n) is 8.24. The minimum Gasteiger partial charge on any atom is -0.444 e. The summed E-state index contributed by atoms with van der Waals surface area (Å²) in [5.74, 6) is 0.337. The van der Waals surface area contributed by atoms with Crippen molar-refractivity contribution in [1.29, 1.82) is 0 Å². The molecule has 0 aromatic carbocycles. The Morgan fingerprint density at radius 2 is 2.00 bits per heavy atom. The van der Waals surface area contributed by atoms with Crippen LogP contribution in [-0.4, -0.2) is 35.5 Å². The second-order valence-electron chi connectivity index (χ2n) is 8.15. The van der Waals surface area contributed by atoms with E-state index in [2.05, 4.69) is 26.8 Å². The van der Waals surface area contributed by atoms with Crippen molar-refractivity contribution in [2.24, 2.45) is 10.8 Å². The van der Waals surface area contributed by atoms with Gasteiger partial charge in [-0.15, -0.1) is 0 Å². The van der Waals surface area contributed by atoms with E-state index in [4.69, 9.17) is 4.74 Å². The molecule has 2 atom stereocenters. The zero-order chi connectivity index (χ0) is 16.8. The second-order valence-corrected chi connectivity index (χ2v) is 8.15. The van der Waals surface area contributed by atoms with E-state index in [1.54, 1.807) is 4.90 Å². The molecular formula is C18H29NO3. The van der Waals surface area contributed by atoms with Crippen molar-refractivity contribution in [1.82, 2.24) is 4.90 Å². The summed E-state index contributed by atoms with van der Waals surface area (Å²) in [6.07, 6.45) is 4.06. The SMILES string of the molecule is CCC1(C)C(=O)CC[C@@]2(C)CN(C(=O)OC(C)(C)C)CC=C12. The number of carbonyl (C=O) groups excluding carboxylic acids is 2. The predicted octanol–water partition coefficient (Wildman–Crippen LogP) is 3.95. The lowest BCUT2D eigenvalue weighted by Gasteiger charge is -2.50. The van der Waals surface area contributed by atoms with Gasteiger partial charge in [-0.3, -0.25) is 4.79 Å². The minimum atomic E-state index is -0.484. The molecule has 4 nitrogen and oxygen atoms in total. The topological polar surface area (TPSA) is 46.6 Å². The number of hydrogen-bond acceptors (Lipinski definition) is 3. The lowest BCUT2D eigenvalue weighted by atomic mass is 9.57. The van der Waals surface area contributed by atoms with E-state index in [-0.39, 0.29) is 16.9 Å². The fourth-order valence-electron chi connectivity index (χ4n) is 3.79. The Morgan fingerprint density at radius 1 is 1.36 bits per heavy atom. The Labute approximate surface area is 133 Å². The van der Waals surface area contributed by atoms with Gasteiger partial charge in [-0.05, 0) is 40.5 Å². The molecule has 2 aliphatic rings. The summed E-state index contributed by atoms with van der Waals surface area (Å²) >= 11 is 0. The Bertz CT molecular complexity index is 517. The molecule has 124 valence electrons. The predicted molar refractivity (Wildman–Crippen MR) is 86.6 cm³/mol. The summed E-state index contributed by atoms with van der Waals surface area (Å²) in [5, 5.41) is 0. The zero-order valence-electron chi connectivity index (χ0n) is 14.8. The van der Waals surface area contributed by atoms with Crippen LogP contribution in [0.2, 0.25) is 0 Å². The Hall–Kier alpha value is -1.32. The van der Waals surface area contributed by atoms with E-state index in [0.717, 1.165) is 12.8 Å². The van der Waals surface area contributed by atoms with E-state index in [1.807, 2.05) is 20.8 Å². The first-order valence-corrected chi connectivity index (χ1v) is 8.24. The van der Waals surface area contributed by atoms with Crippen LogP contribution in [0.5, 0.6) is 0 Å². The van der Waals surface area contributed by atoms with E-state index in [9.17, 15) is 9.59 Å². The highest BCUT2D eigenvalue weighted by Gasteiger charge is 2.50. The summed E-state index contributed by atoms with van der Waals surface area (Å²) in [6, 6.07) is 0. The van der Waals surface area contributed by atoms with Crippen LogP contribution in [-0.2, 0) is 9.53 Å². The van der Waals surface area contributed by atoms with Gasteiger partial charge in [0.25, 0.3) is 0 Å². The van der Waals surface area contributed by atoms with Gasteiger partial charge in [0.1, 0.15) is 11.4 Å². The summed E-state index contributed by atoms with van der Waals surface area (Å²) in [5.41, 5.74) is 0.252. The molecule has 0 radical (unpaired) electrons. The maximum absolute atomic E-state index is 12.4. The monoisotopic (exact) mass is 307 g/mol. The minimum absolute atomic E-state index is 0.117. The summed E-state index contributed by atoms with van der Waals surface area (Å²) in [7, 11) is 0. The molecule has 1 heterocycles. The lowest BCUT2D eigenvalue weighted by Crippen LogP contribution is -2.52. The average molecular weight is 307 g/mol. The highest BCUT2D eigenvalue weighted by atomic mass is 16.6. The summed E-state index contributed by atoms with van der Waals surface area (Å²) in [4.78, 5) is 26.5. The molecule has 4 heteroatoms. The third kappa shape index (κ3) is 2.92. The molecule has 1 aliphatic heterocycles. The first kappa shape index (κ1) is 17.0. The van der Waals surface area contributed by atoms with Crippen LogP contribution in [0.15, 0.2) is 11.6 Å². The van der Waals surface area contributed by atoms with Crippen molar-refractivity contribution in [2.75, 3.05) is 13.1 Å². The van der Waals surface area contributed by atoms with Crippen LogP contribution in [0.4, 0.5) is 4.79 Å². The van der Waals surface area contributed by atoms with Gasteiger partial charge in [0.05, 0.1) is 0 Å². The van der Waals surface area contributed by atoms with Gasteiger partial charge in [0, 0.05) is 30.3 Å². The van der Waals surface area contributed by atoms with Gasteiger partial charge in [0.15, 0.2) is 0 Å². The number of nitrogens with zero attached hydrogens (tertiary/aromatic N) is 1. The highest BCUT2D eigenvalue weighted by molar-refractivity contribution is 5.89. The first-order chi connectivity index (χ1) is 10.0. The van der Waals surface area contributed by atoms with E-state index in [0.29, 0.717) is 25.3 Å². The third-order valence-electron chi connectivity index (χ3n) is 5.18. The van der Waals surface area contributed by atoms with Crippen molar-refractivity contribution in [2.45, 2.75) is 66.4 Å². The van der Waals surface area contributed by atoms with Gasteiger partial charge in [-0.25, -0.2) is 4.79 Å². The van der Waals surface area contributed by atoms with Crippen molar-refractivity contribution in [3.8, 4) is 0 Å². The number of fused-ring (bicyclic) bond motifs is 1. The molecule has 1 unspecified atom stereocenters. The standard InChI is InChI=1S/C18H29NO3/c1-7-18(6)13-9-11-19(15(21)22-16(2,3)4)12-17(13,5)10-8-14(18)20/h9H,7-8,10-12H2,1-6H3/t17-,18?/m0/s1. The van der Waals surface area contributed by atoms with Gasteiger partial charge in [-0.1, -0.05) is 25.5 Å². The van der Waals surface area contributed by atoms with Gasteiger partial charge in [-0.2, -0.15) is 0 Å². The van der Waals surface area contributed by atoms with Crippen molar-refractivity contribution in [3.63, 3.8) is 0 Å².